The normalized spacial score (nSPS) is 15.1. The first kappa shape index (κ1) is 24.5. The number of nitrogen functional groups attached to an aromatic ring is 1. The highest BCUT2D eigenvalue weighted by molar-refractivity contribution is 7.15. The van der Waals surface area contributed by atoms with Gasteiger partial charge in [0.25, 0.3) is 0 Å². The predicted molar refractivity (Wildman–Crippen MR) is 138 cm³/mol. The Bertz CT molecular complexity index is 1220. The van der Waals surface area contributed by atoms with Crippen molar-refractivity contribution < 1.29 is 9.84 Å². The van der Waals surface area contributed by atoms with Gasteiger partial charge in [0.1, 0.15) is 12.2 Å². The van der Waals surface area contributed by atoms with E-state index in [0.717, 1.165) is 47.5 Å². The third-order valence-corrected chi connectivity index (χ3v) is 7.28. The van der Waals surface area contributed by atoms with Gasteiger partial charge < -0.3 is 20.5 Å². The topological polar surface area (TPSA) is 84.5 Å². The number of pyridine rings is 1. The number of ether oxygens (including phenoxy) is 1. The minimum Gasteiger partial charge on any atom is -0.485 e. The first-order valence-corrected chi connectivity index (χ1v) is 12.4. The molecule has 34 heavy (non-hydrogen) atoms. The summed E-state index contributed by atoms with van der Waals surface area (Å²) in [6, 6.07) is 7.34. The zero-order valence-corrected chi connectivity index (χ0v) is 21.2. The Morgan fingerprint density at radius 3 is 2.74 bits per heavy atom. The van der Waals surface area contributed by atoms with Crippen molar-refractivity contribution in [2.75, 3.05) is 25.9 Å². The van der Waals surface area contributed by atoms with Crippen molar-refractivity contribution in [3.63, 3.8) is 0 Å². The largest absolute Gasteiger partial charge is 0.485 e. The molecule has 3 N–H and O–H groups in total. The van der Waals surface area contributed by atoms with Crippen molar-refractivity contribution in [1.82, 2.24) is 14.9 Å². The van der Waals surface area contributed by atoms with Gasteiger partial charge in [-0.3, -0.25) is 0 Å². The van der Waals surface area contributed by atoms with E-state index in [4.69, 9.17) is 27.1 Å². The van der Waals surface area contributed by atoms with Crippen molar-refractivity contribution in [3.05, 3.63) is 57.8 Å². The molecule has 0 amide bonds. The van der Waals surface area contributed by atoms with Crippen LogP contribution >= 0.6 is 22.9 Å². The van der Waals surface area contributed by atoms with Crippen molar-refractivity contribution in [1.29, 1.82) is 0 Å². The van der Waals surface area contributed by atoms with Crippen LogP contribution in [0.3, 0.4) is 0 Å². The number of rotatable bonds is 5. The first-order valence-electron chi connectivity index (χ1n) is 11.2. The Hall–Kier alpha value is -2.63. The van der Waals surface area contributed by atoms with Gasteiger partial charge in [0.2, 0.25) is 0 Å². The molecule has 0 saturated carbocycles. The van der Waals surface area contributed by atoms with Gasteiger partial charge in [0, 0.05) is 40.0 Å². The Morgan fingerprint density at radius 1 is 1.24 bits per heavy atom. The SMILES string of the molecule is CN1CCC(c2ncc(-c3cnc(N)c(OCc4cc(C#CC(C)(C)O)ccc4Cl)c3)s2)CC1. The number of anilines is 1. The van der Waals surface area contributed by atoms with Crippen molar-refractivity contribution in [2.45, 2.75) is 44.8 Å². The summed E-state index contributed by atoms with van der Waals surface area (Å²) >= 11 is 8.08. The minimum atomic E-state index is -1.07. The van der Waals surface area contributed by atoms with Crippen LogP contribution in [0.1, 0.15) is 48.7 Å². The molecule has 6 nitrogen and oxygen atoms in total. The average molecular weight is 497 g/mol. The van der Waals surface area contributed by atoms with Crippen LogP contribution in [0.2, 0.25) is 5.02 Å². The summed E-state index contributed by atoms with van der Waals surface area (Å²) in [6.45, 7) is 5.71. The maximum atomic E-state index is 9.84. The lowest BCUT2D eigenvalue weighted by molar-refractivity contribution is 0.143. The van der Waals surface area contributed by atoms with Gasteiger partial charge >= 0.3 is 0 Å². The molecule has 8 heteroatoms. The minimum absolute atomic E-state index is 0.218. The molecule has 0 spiro atoms. The van der Waals surface area contributed by atoms with E-state index >= 15 is 0 Å². The van der Waals surface area contributed by atoms with E-state index in [9.17, 15) is 5.11 Å². The lowest BCUT2D eigenvalue weighted by Gasteiger charge is -2.27. The fourth-order valence-corrected chi connectivity index (χ4v) is 4.95. The van der Waals surface area contributed by atoms with E-state index < -0.39 is 5.60 Å². The lowest BCUT2D eigenvalue weighted by Crippen LogP contribution is -2.29. The summed E-state index contributed by atoms with van der Waals surface area (Å²) in [6.07, 6.45) is 5.94. The van der Waals surface area contributed by atoms with Gasteiger partial charge in [-0.25, -0.2) is 9.97 Å². The highest BCUT2D eigenvalue weighted by atomic mass is 35.5. The molecule has 1 saturated heterocycles. The molecule has 0 bridgehead atoms. The quantitative estimate of drug-likeness (QED) is 0.486. The molecule has 0 radical (unpaired) electrons. The second-order valence-electron chi connectivity index (χ2n) is 9.15. The summed E-state index contributed by atoms with van der Waals surface area (Å²) in [7, 11) is 2.16. The summed E-state index contributed by atoms with van der Waals surface area (Å²) in [4.78, 5) is 12.4. The van der Waals surface area contributed by atoms with E-state index in [1.165, 1.54) is 5.01 Å². The fraction of sp³-hybridized carbons (Fsp3) is 0.385. The maximum absolute atomic E-state index is 9.84. The van der Waals surface area contributed by atoms with Crippen LogP contribution < -0.4 is 10.5 Å². The number of aliphatic hydroxyl groups is 1. The van der Waals surface area contributed by atoms with Crippen molar-refractivity contribution in [2.24, 2.45) is 0 Å². The van der Waals surface area contributed by atoms with E-state index in [1.54, 1.807) is 37.4 Å². The van der Waals surface area contributed by atoms with Crippen LogP contribution in [-0.2, 0) is 6.61 Å². The van der Waals surface area contributed by atoms with Crippen molar-refractivity contribution in [3.8, 4) is 28.0 Å². The van der Waals surface area contributed by atoms with Gasteiger partial charge in [0.05, 0.1) is 9.88 Å². The van der Waals surface area contributed by atoms with Crippen LogP contribution in [0, 0.1) is 11.8 Å². The standard InChI is InChI=1S/C26H29ClN4O2S/c1-26(2,32)9-6-17-4-5-21(27)20(12-17)16-33-22-13-19(14-29-24(22)28)23-15-30-25(34-23)18-7-10-31(3)11-8-18/h4-5,12-15,18,32H,7-8,10-11,16H2,1-3H3,(H2,28,29). The molecule has 0 atom stereocenters. The molecule has 3 aromatic rings. The summed E-state index contributed by atoms with van der Waals surface area (Å²) in [5.74, 6) is 7.10. The molecule has 3 heterocycles. The number of likely N-dealkylation sites (tertiary alicyclic amines) is 1. The third kappa shape index (κ3) is 6.28. The van der Waals surface area contributed by atoms with Crippen LogP contribution in [0.15, 0.2) is 36.7 Å². The van der Waals surface area contributed by atoms with Crippen LogP contribution in [-0.4, -0.2) is 45.7 Å². The van der Waals surface area contributed by atoms with Gasteiger partial charge in [-0.15, -0.1) is 11.3 Å². The number of thiazole rings is 1. The zero-order chi connectivity index (χ0) is 24.3. The smallest absolute Gasteiger partial charge is 0.166 e. The van der Waals surface area contributed by atoms with E-state index in [0.29, 0.717) is 22.5 Å². The molecule has 1 aromatic carbocycles. The van der Waals surface area contributed by atoms with E-state index in [-0.39, 0.29) is 6.61 Å². The highest BCUT2D eigenvalue weighted by Gasteiger charge is 2.21. The zero-order valence-electron chi connectivity index (χ0n) is 19.6. The van der Waals surface area contributed by atoms with E-state index in [1.807, 2.05) is 24.4 Å². The number of benzene rings is 1. The second kappa shape index (κ2) is 10.3. The van der Waals surface area contributed by atoms with Crippen LogP contribution in [0.5, 0.6) is 5.75 Å². The molecular weight excluding hydrogens is 468 g/mol. The van der Waals surface area contributed by atoms with E-state index in [2.05, 4.69) is 28.8 Å². The molecule has 1 fully saturated rings. The molecule has 178 valence electrons. The van der Waals surface area contributed by atoms with Crippen molar-refractivity contribution >= 4 is 28.8 Å². The highest BCUT2D eigenvalue weighted by Crippen LogP contribution is 2.36. The average Bonchev–Trinajstić information content (AvgIpc) is 3.29. The molecule has 1 aliphatic heterocycles. The van der Waals surface area contributed by atoms with Crippen LogP contribution in [0.4, 0.5) is 5.82 Å². The summed E-state index contributed by atoms with van der Waals surface area (Å²) in [5, 5.41) is 11.6. The second-order valence-corrected chi connectivity index (χ2v) is 10.6. The molecular formula is C26H29ClN4O2S. The van der Waals surface area contributed by atoms with Gasteiger partial charge in [-0.05, 0) is 71.1 Å². The lowest BCUT2D eigenvalue weighted by atomic mass is 9.98. The molecule has 1 aliphatic rings. The Morgan fingerprint density at radius 2 is 2.00 bits per heavy atom. The monoisotopic (exact) mass is 496 g/mol. The first-order chi connectivity index (χ1) is 16.2. The number of nitrogens with two attached hydrogens (primary N) is 1. The third-order valence-electron chi connectivity index (χ3n) is 5.70. The van der Waals surface area contributed by atoms with Crippen LogP contribution in [0.25, 0.3) is 10.4 Å². The maximum Gasteiger partial charge on any atom is 0.166 e. The molecule has 0 aliphatic carbocycles. The Labute approximate surface area is 209 Å². The molecule has 4 rings (SSSR count). The Balaban J connectivity index is 1.49. The van der Waals surface area contributed by atoms with Gasteiger partial charge in [0.15, 0.2) is 11.6 Å². The number of piperidine rings is 1. The summed E-state index contributed by atoms with van der Waals surface area (Å²) in [5.41, 5.74) is 7.47. The number of hydrogen-bond donors (Lipinski definition) is 2. The number of hydrogen-bond acceptors (Lipinski definition) is 7. The number of aromatic nitrogens is 2. The molecule has 2 aromatic heterocycles. The fourth-order valence-electron chi connectivity index (χ4n) is 3.71. The molecule has 0 unspecified atom stereocenters. The Kier molecular flexibility index (Phi) is 7.44. The van der Waals surface area contributed by atoms with Gasteiger partial charge in [-0.2, -0.15) is 0 Å². The number of nitrogens with zero attached hydrogens (tertiary/aromatic N) is 3. The number of halogens is 1. The predicted octanol–water partition coefficient (Wildman–Crippen LogP) is 4.95. The summed E-state index contributed by atoms with van der Waals surface area (Å²) < 4.78 is 6.01. The van der Waals surface area contributed by atoms with Gasteiger partial charge in [-0.1, -0.05) is 23.4 Å².